The Hall–Kier alpha value is -3.91. The van der Waals surface area contributed by atoms with Crippen molar-refractivity contribution < 1.29 is 0 Å². The Bertz CT molecular complexity index is 1690. The minimum absolute atomic E-state index is 0.0735. The first-order chi connectivity index (χ1) is 15.7. The lowest BCUT2D eigenvalue weighted by atomic mass is 9.79. The van der Waals surface area contributed by atoms with Crippen molar-refractivity contribution in [2.45, 2.75) is 19.3 Å². The predicted molar refractivity (Wildman–Crippen MR) is 134 cm³/mol. The summed E-state index contributed by atoms with van der Waals surface area (Å²) in [6.07, 6.45) is 3.81. The molecule has 0 atom stereocenters. The molecule has 0 aliphatic heterocycles. The van der Waals surface area contributed by atoms with Crippen LogP contribution in [0.4, 0.5) is 0 Å². The average Bonchev–Trinajstić information content (AvgIpc) is 3.30. The molecule has 2 heteroatoms. The van der Waals surface area contributed by atoms with Crippen LogP contribution in [0.1, 0.15) is 25.0 Å². The van der Waals surface area contributed by atoms with Gasteiger partial charge in [-0.15, -0.1) is 0 Å². The molecule has 2 heterocycles. The van der Waals surface area contributed by atoms with Gasteiger partial charge >= 0.3 is 0 Å². The van der Waals surface area contributed by atoms with Gasteiger partial charge < -0.3 is 4.57 Å². The van der Waals surface area contributed by atoms with E-state index in [1.54, 1.807) is 0 Å². The van der Waals surface area contributed by atoms with E-state index in [0.717, 1.165) is 5.69 Å². The van der Waals surface area contributed by atoms with Crippen LogP contribution in [0.2, 0.25) is 0 Å². The number of rotatable bonds is 1. The molecule has 7 rings (SSSR count). The largest absolute Gasteiger partial charge is 0.307 e. The highest BCUT2D eigenvalue weighted by molar-refractivity contribution is 6.27. The van der Waals surface area contributed by atoms with Gasteiger partial charge in [0.1, 0.15) is 0 Å². The minimum Gasteiger partial charge on any atom is -0.307 e. The summed E-state index contributed by atoms with van der Waals surface area (Å²) in [4.78, 5) is 4.46. The quantitative estimate of drug-likeness (QED) is 0.272. The van der Waals surface area contributed by atoms with Crippen molar-refractivity contribution in [1.82, 2.24) is 9.55 Å². The van der Waals surface area contributed by atoms with E-state index >= 15 is 0 Å². The number of nitrogens with zero attached hydrogens (tertiary/aromatic N) is 2. The van der Waals surface area contributed by atoms with Crippen LogP contribution < -0.4 is 0 Å². The van der Waals surface area contributed by atoms with Gasteiger partial charge in [0.15, 0.2) is 0 Å². The molecular formula is C30H22N2. The van der Waals surface area contributed by atoms with E-state index < -0.39 is 0 Å². The fourth-order valence-electron chi connectivity index (χ4n) is 5.97. The van der Waals surface area contributed by atoms with Crippen LogP contribution in [0.5, 0.6) is 0 Å². The van der Waals surface area contributed by atoms with Crippen molar-refractivity contribution in [3.8, 4) is 16.8 Å². The van der Waals surface area contributed by atoms with Gasteiger partial charge in [-0.3, -0.25) is 4.98 Å². The summed E-state index contributed by atoms with van der Waals surface area (Å²) in [5.74, 6) is 0. The van der Waals surface area contributed by atoms with Crippen molar-refractivity contribution in [2.24, 2.45) is 0 Å². The molecule has 0 spiro atoms. The normalized spacial score (nSPS) is 14.2. The van der Waals surface area contributed by atoms with Crippen LogP contribution in [0.15, 0.2) is 97.3 Å². The molecule has 0 bridgehead atoms. The van der Waals surface area contributed by atoms with Crippen molar-refractivity contribution in [3.63, 3.8) is 0 Å². The molecule has 0 saturated heterocycles. The highest BCUT2D eigenvalue weighted by atomic mass is 15.0. The van der Waals surface area contributed by atoms with E-state index in [0.29, 0.717) is 0 Å². The smallest absolute Gasteiger partial charge is 0.0645 e. The van der Waals surface area contributed by atoms with Crippen molar-refractivity contribution in [3.05, 3.63) is 108 Å². The van der Waals surface area contributed by atoms with E-state index in [-0.39, 0.29) is 5.41 Å². The zero-order valence-corrected chi connectivity index (χ0v) is 18.1. The fraction of sp³-hybridized carbons (Fsp3) is 0.100. The molecule has 1 aliphatic rings. The summed E-state index contributed by atoms with van der Waals surface area (Å²) >= 11 is 0. The third-order valence-electron chi connectivity index (χ3n) is 7.23. The third kappa shape index (κ3) is 2.07. The number of aromatic nitrogens is 2. The number of pyridine rings is 1. The summed E-state index contributed by atoms with van der Waals surface area (Å²) in [5.41, 5.74) is 9.05. The van der Waals surface area contributed by atoms with Crippen LogP contribution in [-0.4, -0.2) is 9.55 Å². The molecule has 152 valence electrons. The molecular weight excluding hydrogens is 388 g/mol. The molecule has 0 fully saturated rings. The molecule has 6 aromatic rings. The Labute approximate surface area is 186 Å². The average molecular weight is 411 g/mol. The predicted octanol–water partition coefficient (Wildman–Crippen LogP) is 7.64. The summed E-state index contributed by atoms with van der Waals surface area (Å²) in [7, 11) is 0. The first-order valence-corrected chi connectivity index (χ1v) is 11.2. The lowest BCUT2D eigenvalue weighted by Gasteiger charge is -2.23. The maximum Gasteiger partial charge on any atom is 0.0645 e. The lowest BCUT2D eigenvalue weighted by Crippen LogP contribution is -2.15. The van der Waals surface area contributed by atoms with Crippen molar-refractivity contribution >= 4 is 32.6 Å². The van der Waals surface area contributed by atoms with E-state index in [4.69, 9.17) is 0 Å². The minimum atomic E-state index is -0.0735. The van der Waals surface area contributed by atoms with Crippen molar-refractivity contribution in [1.29, 1.82) is 0 Å². The second-order valence-corrected chi connectivity index (χ2v) is 9.25. The van der Waals surface area contributed by atoms with Gasteiger partial charge in [0.25, 0.3) is 0 Å². The zero-order chi connectivity index (χ0) is 21.4. The summed E-state index contributed by atoms with van der Waals surface area (Å²) in [6, 6.07) is 30.8. The maximum absolute atomic E-state index is 4.46. The Kier molecular flexibility index (Phi) is 3.37. The van der Waals surface area contributed by atoms with Crippen LogP contribution in [0.25, 0.3) is 49.4 Å². The molecule has 2 aromatic heterocycles. The van der Waals surface area contributed by atoms with Crippen LogP contribution in [0, 0.1) is 0 Å². The number of benzene rings is 4. The number of hydrogen-bond acceptors (Lipinski definition) is 1. The summed E-state index contributed by atoms with van der Waals surface area (Å²) < 4.78 is 2.42. The molecule has 0 saturated carbocycles. The van der Waals surface area contributed by atoms with Gasteiger partial charge in [0.05, 0.1) is 22.9 Å². The Morgan fingerprint density at radius 2 is 1.44 bits per heavy atom. The Balaban J connectivity index is 1.86. The standard InChI is InChI=1S/C30H22N2/c1-30(2)24-15-7-5-13-22(24)27-28(30)21-12-4-3-11-20(21)26-23-14-6-8-16-25(23)32(29(26)27)19-10-9-17-31-18-19/h3-18H,1-2H3. The zero-order valence-electron chi connectivity index (χ0n) is 18.1. The second kappa shape index (κ2) is 6.08. The molecule has 2 nitrogen and oxygen atoms in total. The first kappa shape index (κ1) is 17.7. The van der Waals surface area contributed by atoms with Gasteiger partial charge in [-0.1, -0.05) is 80.6 Å². The fourth-order valence-corrected chi connectivity index (χ4v) is 5.97. The van der Waals surface area contributed by atoms with Gasteiger partial charge in [-0.25, -0.2) is 0 Å². The Morgan fingerprint density at radius 1 is 0.719 bits per heavy atom. The number of para-hydroxylation sites is 1. The summed E-state index contributed by atoms with van der Waals surface area (Å²) in [5, 5.41) is 5.28. The first-order valence-electron chi connectivity index (χ1n) is 11.2. The second-order valence-electron chi connectivity index (χ2n) is 9.25. The van der Waals surface area contributed by atoms with Gasteiger partial charge in [-0.05, 0) is 45.7 Å². The van der Waals surface area contributed by atoms with Crippen LogP contribution in [-0.2, 0) is 5.41 Å². The summed E-state index contributed by atoms with van der Waals surface area (Å²) in [6.45, 7) is 4.74. The molecule has 0 amide bonds. The molecule has 0 N–H and O–H groups in total. The topological polar surface area (TPSA) is 17.8 Å². The lowest BCUT2D eigenvalue weighted by molar-refractivity contribution is 0.666. The third-order valence-corrected chi connectivity index (χ3v) is 7.23. The Morgan fingerprint density at radius 3 is 2.25 bits per heavy atom. The van der Waals surface area contributed by atoms with E-state index in [1.165, 1.54) is 54.8 Å². The van der Waals surface area contributed by atoms with Gasteiger partial charge in [0.2, 0.25) is 0 Å². The highest BCUT2D eigenvalue weighted by Gasteiger charge is 2.39. The molecule has 4 aromatic carbocycles. The number of fused-ring (bicyclic) bond motifs is 10. The van der Waals surface area contributed by atoms with Crippen LogP contribution >= 0.6 is 0 Å². The molecule has 32 heavy (non-hydrogen) atoms. The molecule has 1 aliphatic carbocycles. The number of hydrogen-bond donors (Lipinski definition) is 0. The SMILES string of the molecule is CC1(C)c2ccccc2-c2c1c1ccccc1c1c3ccccc3n(-c3cccnc3)c21. The van der Waals surface area contributed by atoms with Gasteiger partial charge in [-0.2, -0.15) is 0 Å². The monoisotopic (exact) mass is 410 g/mol. The van der Waals surface area contributed by atoms with E-state index in [2.05, 4.69) is 102 Å². The molecule has 0 unspecified atom stereocenters. The maximum atomic E-state index is 4.46. The van der Waals surface area contributed by atoms with Crippen LogP contribution in [0.3, 0.4) is 0 Å². The van der Waals surface area contributed by atoms with E-state index in [9.17, 15) is 0 Å². The van der Waals surface area contributed by atoms with E-state index in [1.807, 2.05) is 18.5 Å². The van der Waals surface area contributed by atoms with Gasteiger partial charge in [0, 0.05) is 27.9 Å². The highest BCUT2D eigenvalue weighted by Crippen LogP contribution is 2.56. The molecule has 0 radical (unpaired) electrons. The van der Waals surface area contributed by atoms with Crippen molar-refractivity contribution in [2.75, 3.05) is 0 Å².